The molecule has 2 heterocycles. The van der Waals surface area contributed by atoms with E-state index in [0.717, 1.165) is 5.56 Å². The van der Waals surface area contributed by atoms with Crippen molar-refractivity contribution >= 4 is 0 Å². The maximum Gasteiger partial charge on any atom is 0.258 e. The molecular formula is C24H28N2O4. The van der Waals surface area contributed by atoms with Crippen LogP contribution in [-0.2, 0) is 14.1 Å². The molecule has 0 bridgehead atoms. The van der Waals surface area contributed by atoms with Crippen molar-refractivity contribution in [3.05, 3.63) is 90.7 Å². The summed E-state index contributed by atoms with van der Waals surface area (Å²) in [6.07, 6.45) is 0. The first kappa shape index (κ1) is 21.4. The Hall–Kier alpha value is -3.28. The molecule has 30 heavy (non-hydrogen) atoms. The number of benzene rings is 1. The minimum absolute atomic E-state index is 0.0663. The molecular weight excluding hydrogens is 380 g/mol. The van der Waals surface area contributed by atoms with Crippen LogP contribution in [0.2, 0.25) is 0 Å². The lowest BCUT2D eigenvalue weighted by atomic mass is 9.84. The van der Waals surface area contributed by atoms with Crippen LogP contribution in [0.5, 0.6) is 11.5 Å². The lowest BCUT2D eigenvalue weighted by Crippen LogP contribution is -2.30. The van der Waals surface area contributed by atoms with Gasteiger partial charge >= 0.3 is 0 Å². The summed E-state index contributed by atoms with van der Waals surface area (Å²) in [5.74, 6) is -0.991. The van der Waals surface area contributed by atoms with Gasteiger partial charge in [-0.25, -0.2) is 0 Å². The lowest BCUT2D eigenvalue weighted by molar-refractivity contribution is 0.451. The van der Waals surface area contributed by atoms with Gasteiger partial charge in [-0.15, -0.1) is 0 Å². The zero-order valence-corrected chi connectivity index (χ0v) is 18.2. The molecule has 2 aromatic heterocycles. The number of aryl methyl sites for hydroxylation is 2. The topological polar surface area (TPSA) is 84.5 Å². The van der Waals surface area contributed by atoms with Gasteiger partial charge in [-0.1, -0.05) is 38.1 Å². The highest BCUT2D eigenvalue weighted by molar-refractivity contribution is 5.52. The molecule has 6 nitrogen and oxygen atoms in total. The van der Waals surface area contributed by atoms with Crippen molar-refractivity contribution in [1.82, 2.24) is 9.13 Å². The van der Waals surface area contributed by atoms with Crippen molar-refractivity contribution < 1.29 is 10.2 Å². The fourth-order valence-corrected chi connectivity index (χ4v) is 3.74. The maximum absolute atomic E-state index is 13.2. The first-order valence-corrected chi connectivity index (χ1v) is 9.93. The first-order chi connectivity index (χ1) is 14.0. The molecule has 0 amide bonds. The van der Waals surface area contributed by atoms with Gasteiger partial charge in [0.05, 0.1) is 17.0 Å². The smallest absolute Gasteiger partial charge is 0.258 e. The normalized spacial score (nSPS) is 11.5. The quantitative estimate of drug-likeness (QED) is 0.693. The van der Waals surface area contributed by atoms with Crippen molar-refractivity contribution in [3.8, 4) is 11.5 Å². The molecule has 0 atom stereocenters. The molecule has 3 aromatic rings. The molecule has 3 rings (SSSR count). The molecule has 0 saturated carbocycles. The number of aromatic hydroxyl groups is 2. The van der Waals surface area contributed by atoms with Crippen LogP contribution in [0.4, 0.5) is 0 Å². The lowest BCUT2D eigenvalue weighted by Gasteiger charge is -2.22. The molecule has 0 fully saturated rings. The van der Waals surface area contributed by atoms with Crippen LogP contribution in [-0.4, -0.2) is 19.3 Å². The molecule has 0 spiro atoms. The largest absolute Gasteiger partial charge is 0.507 e. The molecule has 0 saturated heterocycles. The third-order valence-electron chi connectivity index (χ3n) is 5.89. The van der Waals surface area contributed by atoms with Crippen LogP contribution >= 0.6 is 0 Å². The number of nitrogens with zero attached hydrogens (tertiary/aromatic N) is 2. The minimum atomic E-state index is -0.912. The highest BCUT2D eigenvalue weighted by Gasteiger charge is 2.30. The van der Waals surface area contributed by atoms with E-state index in [4.69, 9.17) is 0 Å². The fraction of sp³-hybridized carbons (Fsp3) is 0.333. The van der Waals surface area contributed by atoms with Crippen molar-refractivity contribution in [3.63, 3.8) is 0 Å². The Morgan fingerprint density at radius 1 is 0.733 bits per heavy atom. The number of hydrogen-bond donors (Lipinski definition) is 2. The van der Waals surface area contributed by atoms with E-state index in [9.17, 15) is 19.8 Å². The number of aromatic nitrogens is 2. The third-order valence-corrected chi connectivity index (χ3v) is 5.89. The molecule has 0 aliphatic rings. The average molecular weight is 408 g/mol. The van der Waals surface area contributed by atoms with E-state index in [2.05, 4.69) is 13.8 Å². The highest BCUT2D eigenvalue weighted by atomic mass is 16.3. The van der Waals surface area contributed by atoms with Crippen LogP contribution in [0.1, 0.15) is 59.3 Å². The molecule has 158 valence electrons. The SMILES string of the molecule is Cc1cc(O)c(C(c2ccc(C(C)C)cc2)c2c(O)cc(C)n(C)c2=O)c(=O)n1C. The van der Waals surface area contributed by atoms with Gasteiger partial charge in [0.2, 0.25) is 0 Å². The zero-order chi connectivity index (χ0) is 22.3. The van der Waals surface area contributed by atoms with Gasteiger partial charge in [-0.05, 0) is 43.0 Å². The van der Waals surface area contributed by atoms with E-state index < -0.39 is 17.0 Å². The Balaban J connectivity index is 2.41. The Morgan fingerprint density at radius 2 is 1.10 bits per heavy atom. The van der Waals surface area contributed by atoms with Gasteiger partial charge in [0.25, 0.3) is 11.1 Å². The molecule has 6 heteroatoms. The zero-order valence-electron chi connectivity index (χ0n) is 18.2. The molecule has 0 aliphatic heterocycles. The fourth-order valence-electron chi connectivity index (χ4n) is 3.74. The van der Waals surface area contributed by atoms with Gasteiger partial charge in [0.15, 0.2) is 0 Å². The van der Waals surface area contributed by atoms with E-state index in [1.807, 2.05) is 24.3 Å². The van der Waals surface area contributed by atoms with E-state index in [0.29, 0.717) is 22.9 Å². The summed E-state index contributed by atoms with van der Waals surface area (Å²) >= 11 is 0. The maximum atomic E-state index is 13.2. The molecule has 0 unspecified atom stereocenters. The summed E-state index contributed by atoms with van der Waals surface area (Å²) in [5, 5.41) is 21.5. The van der Waals surface area contributed by atoms with Gasteiger partial charge in [0, 0.05) is 25.5 Å². The Labute approximate surface area is 175 Å². The number of hydrogen-bond acceptors (Lipinski definition) is 4. The summed E-state index contributed by atoms with van der Waals surface area (Å²) in [4.78, 5) is 26.3. The van der Waals surface area contributed by atoms with Crippen LogP contribution < -0.4 is 11.1 Å². The van der Waals surface area contributed by atoms with Crippen molar-refractivity contribution in [2.24, 2.45) is 14.1 Å². The summed E-state index contributed by atoms with van der Waals surface area (Å²) in [6, 6.07) is 10.6. The summed E-state index contributed by atoms with van der Waals surface area (Å²) in [7, 11) is 3.24. The Morgan fingerprint density at radius 3 is 1.47 bits per heavy atom. The van der Waals surface area contributed by atoms with Crippen LogP contribution in [0.3, 0.4) is 0 Å². The van der Waals surface area contributed by atoms with Gasteiger partial charge in [-0.2, -0.15) is 0 Å². The van der Waals surface area contributed by atoms with Crippen molar-refractivity contribution in [2.45, 2.75) is 39.5 Å². The number of rotatable bonds is 4. The summed E-state index contributed by atoms with van der Waals surface area (Å²) in [6.45, 7) is 7.60. The van der Waals surface area contributed by atoms with Crippen LogP contribution in [0, 0.1) is 13.8 Å². The molecule has 0 radical (unpaired) electrons. The molecule has 2 N–H and O–H groups in total. The highest BCUT2D eigenvalue weighted by Crippen LogP contribution is 2.37. The van der Waals surface area contributed by atoms with E-state index in [-0.39, 0.29) is 22.6 Å². The summed E-state index contributed by atoms with van der Waals surface area (Å²) < 4.78 is 2.86. The second-order valence-electron chi connectivity index (χ2n) is 8.15. The molecule has 0 aliphatic carbocycles. The van der Waals surface area contributed by atoms with E-state index in [1.165, 1.54) is 21.3 Å². The third kappa shape index (κ3) is 3.54. The van der Waals surface area contributed by atoms with E-state index >= 15 is 0 Å². The van der Waals surface area contributed by atoms with Gasteiger partial charge in [-0.3, -0.25) is 9.59 Å². The summed E-state index contributed by atoms with van der Waals surface area (Å²) in [5.41, 5.74) is 2.26. The predicted molar refractivity (Wildman–Crippen MR) is 118 cm³/mol. The molecule has 1 aromatic carbocycles. The second kappa shape index (κ2) is 7.86. The van der Waals surface area contributed by atoms with Gasteiger partial charge < -0.3 is 19.3 Å². The number of pyridine rings is 2. The Bertz CT molecular complexity index is 1150. The standard InChI is InChI=1S/C24H28N2O4/c1-13(2)16-7-9-17(10-8-16)20(21-18(27)11-14(3)25(5)23(21)29)22-19(28)12-15(4)26(6)24(22)30/h7-13,20,27-28H,1-6H3. The predicted octanol–water partition coefficient (Wildman–Crippen LogP) is 3.42. The average Bonchev–Trinajstić information content (AvgIpc) is 2.69. The van der Waals surface area contributed by atoms with Crippen LogP contribution in [0.15, 0.2) is 46.0 Å². The minimum Gasteiger partial charge on any atom is -0.507 e. The second-order valence-corrected chi connectivity index (χ2v) is 8.15. The van der Waals surface area contributed by atoms with Gasteiger partial charge in [0.1, 0.15) is 11.5 Å². The Kier molecular flexibility index (Phi) is 5.61. The van der Waals surface area contributed by atoms with Crippen molar-refractivity contribution in [1.29, 1.82) is 0 Å². The monoisotopic (exact) mass is 408 g/mol. The van der Waals surface area contributed by atoms with Crippen molar-refractivity contribution in [2.75, 3.05) is 0 Å². The van der Waals surface area contributed by atoms with Crippen LogP contribution in [0.25, 0.3) is 0 Å². The first-order valence-electron chi connectivity index (χ1n) is 9.93. The van der Waals surface area contributed by atoms with E-state index in [1.54, 1.807) is 27.9 Å².